The molecule has 1 aromatic heterocycles. The Morgan fingerprint density at radius 2 is 2.14 bits per heavy atom. The fourth-order valence-corrected chi connectivity index (χ4v) is 5.76. The van der Waals surface area contributed by atoms with Gasteiger partial charge < -0.3 is 10.6 Å². The van der Waals surface area contributed by atoms with Crippen molar-refractivity contribution in [3.05, 3.63) is 4.88 Å². The molecule has 0 bridgehead atoms. The molecule has 0 unspecified atom stereocenters. The number of nitrogen functional groups attached to an aromatic ring is 1. The molecule has 21 heavy (non-hydrogen) atoms. The summed E-state index contributed by atoms with van der Waals surface area (Å²) in [7, 11) is 0. The summed E-state index contributed by atoms with van der Waals surface area (Å²) in [5, 5.41) is 1.19. The van der Waals surface area contributed by atoms with Crippen molar-refractivity contribution < 1.29 is 4.79 Å². The summed E-state index contributed by atoms with van der Waals surface area (Å²) >= 11 is 5.27. The van der Waals surface area contributed by atoms with Crippen LogP contribution < -0.4 is 10.6 Å². The van der Waals surface area contributed by atoms with Gasteiger partial charge in [0.2, 0.25) is 0 Å². The van der Waals surface area contributed by atoms with Gasteiger partial charge in [0, 0.05) is 30.0 Å². The first-order valence-electron chi connectivity index (χ1n) is 7.28. The maximum Gasteiger partial charge on any atom is 0.174 e. The molecule has 0 aliphatic carbocycles. The summed E-state index contributed by atoms with van der Waals surface area (Å²) < 4.78 is 0.332. The van der Waals surface area contributed by atoms with E-state index in [2.05, 4.69) is 18.7 Å². The zero-order valence-electron chi connectivity index (χ0n) is 13.2. The van der Waals surface area contributed by atoms with Gasteiger partial charge in [-0.3, -0.25) is 4.79 Å². The number of carbonyl (C=O) groups excluding carboxylic acids is 1. The summed E-state index contributed by atoms with van der Waals surface area (Å²) in [5.74, 6) is 1.28. The maximum atomic E-state index is 12.1. The van der Waals surface area contributed by atoms with Gasteiger partial charge in [-0.1, -0.05) is 20.8 Å². The molecule has 1 fully saturated rings. The monoisotopic (exact) mass is 344 g/mol. The number of hydrogen-bond donors (Lipinski definition) is 1. The molecule has 0 radical (unpaired) electrons. The van der Waals surface area contributed by atoms with E-state index in [1.54, 1.807) is 23.1 Å². The number of anilines is 2. The Bertz CT molecular complexity index is 525. The lowest BCUT2D eigenvalue weighted by molar-refractivity contribution is 0.0992. The van der Waals surface area contributed by atoms with Crippen molar-refractivity contribution in [3.63, 3.8) is 0 Å². The van der Waals surface area contributed by atoms with E-state index in [0.717, 1.165) is 35.0 Å². The van der Waals surface area contributed by atoms with Crippen LogP contribution in [-0.2, 0) is 0 Å². The van der Waals surface area contributed by atoms with Crippen molar-refractivity contribution >= 4 is 51.3 Å². The van der Waals surface area contributed by atoms with E-state index in [0.29, 0.717) is 16.9 Å². The van der Waals surface area contributed by atoms with Gasteiger partial charge in [0.05, 0.1) is 15.5 Å². The van der Waals surface area contributed by atoms with Crippen molar-refractivity contribution in [1.29, 1.82) is 0 Å². The Morgan fingerprint density at radius 3 is 2.76 bits per heavy atom. The van der Waals surface area contributed by atoms with Crippen molar-refractivity contribution in [2.45, 2.75) is 43.3 Å². The number of Topliss-reactive ketones (excluding diaryl/α,β-unsaturated/α-hetero) is 1. The Morgan fingerprint density at radius 1 is 1.43 bits per heavy atom. The molecule has 0 amide bonds. The minimum Gasteiger partial charge on any atom is -0.396 e. The van der Waals surface area contributed by atoms with Gasteiger partial charge in [-0.15, -0.1) is 23.1 Å². The van der Waals surface area contributed by atoms with Gasteiger partial charge in [-0.25, -0.2) is 0 Å². The van der Waals surface area contributed by atoms with Crippen LogP contribution in [0, 0.1) is 0 Å². The fourth-order valence-electron chi connectivity index (χ4n) is 2.41. The molecular weight excluding hydrogens is 320 g/mol. The summed E-state index contributed by atoms with van der Waals surface area (Å²) in [6, 6.07) is 0. The Balaban J connectivity index is 2.32. The van der Waals surface area contributed by atoms with E-state index >= 15 is 0 Å². The standard InChI is InChI=1S/C15H24N2OS3/c1-5-10(18)12-11(16)13(19-4)14(21-12)17-7-6-15(2,3)20-9-8-17/h5-9,16H2,1-4H3. The molecule has 0 saturated carbocycles. The number of thiophene rings is 1. The largest absolute Gasteiger partial charge is 0.396 e. The van der Waals surface area contributed by atoms with E-state index < -0.39 is 0 Å². The highest BCUT2D eigenvalue weighted by molar-refractivity contribution is 8.00. The number of ketones is 1. The fraction of sp³-hybridized carbons (Fsp3) is 0.667. The van der Waals surface area contributed by atoms with Crippen LogP contribution in [0.3, 0.4) is 0 Å². The lowest BCUT2D eigenvalue weighted by Crippen LogP contribution is -2.26. The zero-order chi connectivity index (χ0) is 15.6. The molecule has 118 valence electrons. The number of rotatable bonds is 4. The van der Waals surface area contributed by atoms with Crippen LogP contribution >= 0.6 is 34.9 Å². The van der Waals surface area contributed by atoms with Gasteiger partial charge in [0.1, 0.15) is 5.00 Å². The maximum absolute atomic E-state index is 12.1. The van der Waals surface area contributed by atoms with Crippen LogP contribution in [0.4, 0.5) is 10.7 Å². The van der Waals surface area contributed by atoms with E-state index in [1.807, 2.05) is 24.9 Å². The molecule has 1 aromatic rings. The average Bonchev–Trinajstić information content (AvgIpc) is 2.66. The first kappa shape index (κ1) is 17.0. The molecule has 2 N–H and O–H groups in total. The third kappa shape index (κ3) is 3.71. The van der Waals surface area contributed by atoms with Gasteiger partial charge in [0.15, 0.2) is 5.78 Å². The molecule has 2 heterocycles. The van der Waals surface area contributed by atoms with Crippen LogP contribution in [-0.4, -0.2) is 35.6 Å². The third-order valence-corrected chi connectivity index (χ3v) is 7.42. The molecule has 1 aliphatic rings. The second-order valence-electron chi connectivity index (χ2n) is 5.81. The quantitative estimate of drug-likeness (QED) is 0.649. The van der Waals surface area contributed by atoms with E-state index in [-0.39, 0.29) is 5.78 Å². The van der Waals surface area contributed by atoms with Crippen molar-refractivity contribution in [2.24, 2.45) is 0 Å². The van der Waals surface area contributed by atoms with Crippen LogP contribution in [0.2, 0.25) is 0 Å². The first-order valence-corrected chi connectivity index (χ1v) is 10.3. The molecule has 0 spiro atoms. The summed E-state index contributed by atoms with van der Waals surface area (Å²) in [4.78, 5) is 16.3. The number of thioether (sulfide) groups is 2. The normalized spacial score (nSPS) is 18.6. The summed E-state index contributed by atoms with van der Waals surface area (Å²) in [6.07, 6.45) is 3.71. The van der Waals surface area contributed by atoms with Crippen LogP contribution in [0.25, 0.3) is 0 Å². The molecule has 1 aliphatic heterocycles. The highest BCUT2D eigenvalue weighted by atomic mass is 32.2. The predicted octanol–water partition coefficient (Wildman–Crippen LogP) is 4.37. The lowest BCUT2D eigenvalue weighted by Gasteiger charge is -2.23. The Hall–Kier alpha value is -0.330. The topological polar surface area (TPSA) is 46.3 Å². The third-order valence-electron chi connectivity index (χ3n) is 3.79. The number of nitrogens with two attached hydrogens (primary N) is 1. The second kappa shape index (κ2) is 6.84. The van der Waals surface area contributed by atoms with E-state index in [9.17, 15) is 4.79 Å². The van der Waals surface area contributed by atoms with Gasteiger partial charge >= 0.3 is 0 Å². The number of hydrogen-bond acceptors (Lipinski definition) is 6. The van der Waals surface area contributed by atoms with Gasteiger partial charge in [-0.2, -0.15) is 11.8 Å². The van der Waals surface area contributed by atoms with Crippen LogP contribution in [0.15, 0.2) is 4.90 Å². The van der Waals surface area contributed by atoms with E-state index in [1.165, 1.54) is 5.00 Å². The molecule has 0 aromatic carbocycles. The summed E-state index contributed by atoms with van der Waals surface area (Å²) in [5.41, 5.74) is 6.91. The van der Waals surface area contributed by atoms with Gasteiger partial charge in [-0.05, 0) is 12.7 Å². The molecule has 1 saturated heterocycles. The average molecular weight is 345 g/mol. The zero-order valence-corrected chi connectivity index (χ0v) is 15.6. The van der Waals surface area contributed by atoms with E-state index in [4.69, 9.17) is 5.73 Å². The van der Waals surface area contributed by atoms with Gasteiger partial charge in [0.25, 0.3) is 0 Å². The minimum atomic E-state index is 0.156. The number of nitrogens with zero attached hydrogens (tertiary/aromatic N) is 1. The van der Waals surface area contributed by atoms with Crippen molar-refractivity contribution in [3.8, 4) is 0 Å². The Kier molecular flexibility index (Phi) is 5.54. The van der Waals surface area contributed by atoms with Crippen LogP contribution in [0.5, 0.6) is 0 Å². The van der Waals surface area contributed by atoms with Crippen LogP contribution in [0.1, 0.15) is 43.3 Å². The summed E-state index contributed by atoms with van der Waals surface area (Å²) in [6.45, 7) is 8.58. The highest BCUT2D eigenvalue weighted by Crippen LogP contribution is 2.45. The predicted molar refractivity (Wildman–Crippen MR) is 98.5 cm³/mol. The SMILES string of the molecule is CCC(=O)c1sc(N2CCSC(C)(C)CC2)c(SC)c1N. The molecule has 6 heteroatoms. The molecule has 0 atom stereocenters. The lowest BCUT2D eigenvalue weighted by atomic mass is 10.1. The molecule has 2 rings (SSSR count). The highest BCUT2D eigenvalue weighted by Gasteiger charge is 2.28. The van der Waals surface area contributed by atoms with Crippen molar-refractivity contribution in [2.75, 3.05) is 35.7 Å². The smallest absolute Gasteiger partial charge is 0.174 e. The number of carbonyl (C=O) groups is 1. The first-order chi connectivity index (χ1) is 9.89. The molecule has 3 nitrogen and oxygen atoms in total. The van der Waals surface area contributed by atoms with Crippen molar-refractivity contribution in [1.82, 2.24) is 0 Å². The molecular formula is C15H24N2OS3. The second-order valence-corrected chi connectivity index (χ2v) is 9.42. The Labute approximate surface area is 140 Å². The minimum absolute atomic E-state index is 0.156.